The molecule has 0 aromatic heterocycles. The minimum Gasteiger partial charge on any atom is -0.394 e. The van der Waals surface area contributed by atoms with E-state index >= 15 is 0 Å². The van der Waals surface area contributed by atoms with Gasteiger partial charge in [0.05, 0.1) is 31.3 Å². The van der Waals surface area contributed by atoms with Gasteiger partial charge in [-0.15, -0.1) is 0 Å². The van der Waals surface area contributed by atoms with Crippen molar-refractivity contribution in [3.8, 4) is 0 Å². The van der Waals surface area contributed by atoms with Crippen molar-refractivity contribution in [1.82, 2.24) is 5.32 Å². The quantitative estimate of drug-likeness (QED) is 0.0361. The van der Waals surface area contributed by atoms with E-state index in [2.05, 4.69) is 19.2 Å². The van der Waals surface area contributed by atoms with Gasteiger partial charge in [-0.3, -0.25) is 4.79 Å². The third-order valence-corrected chi connectivity index (χ3v) is 14.6. The van der Waals surface area contributed by atoms with E-state index in [0.717, 1.165) is 25.7 Å². The van der Waals surface area contributed by atoms with Gasteiger partial charge < -0.3 is 20.6 Å². The summed E-state index contributed by atoms with van der Waals surface area (Å²) >= 11 is 0. The molecule has 0 bridgehead atoms. The lowest BCUT2D eigenvalue weighted by atomic mass is 10.0. The van der Waals surface area contributed by atoms with Crippen molar-refractivity contribution >= 4 is 5.91 Å². The fourth-order valence-electron chi connectivity index (χ4n) is 9.93. The van der Waals surface area contributed by atoms with E-state index < -0.39 is 18.2 Å². The molecule has 3 atom stereocenters. The Bertz CT molecular complexity index is 940. The molecule has 0 aliphatic rings. The van der Waals surface area contributed by atoms with Gasteiger partial charge in [0.25, 0.3) is 0 Å². The summed E-state index contributed by atoms with van der Waals surface area (Å²) in [7, 11) is 0. The highest BCUT2D eigenvalue weighted by atomic mass is 16.3. The maximum absolute atomic E-state index is 12.5. The number of amides is 1. The molecule has 0 aromatic carbocycles. The summed E-state index contributed by atoms with van der Waals surface area (Å²) in [5.41, 5.74) is 0. The van der Waals surface area contributed by atoms with Crippen LogP contribution in [0.25, 0.3) is 0 Å². The van der Waals surface area contributed by atoms with Gasteiger partial charge in [0, 0.05) is 0 Å². The molecule has 0 aliphatic carbocycles. The maximum Gasteiger partial charge on any atom is 0.222 e. The monoisotopic (exact) mass is 932 g/mol. The van der Waals surface area contributed by atoms with Gasteiger partial charge in [0.2, 0.25) is 5.91 Å². The third kappa shape index (κ3) is 52.5. The molecular weight excluding hydrogens is 811 g/mol. The Kier molecular flexibility index (Phi) is 55.9. The van der Waals surface area contributed by atoms with Crippen LogP contribution in [0.5, 0.6) is 0 Å². The van der Waals surface area contributed by atoms with Gasteiger partial charge >= 0.3 is 0 Å². The first kappa shape index (κ1) is 65.1. The van der Waals surface area contributed by atoms with Crippen LogP contribution in [0.15, 0.2) is 12.2 Å². The molecular formula is C61H121NO4. The summed E-state index contributed by atoms with van der Waals surface area (Å²) in [4.78, 5) is 12.5. The predicted octanol–water partition coefficient (Wildman–Crippen LogP) is 19.1. The molecule has 0 spiro atoms. The summed E-state index contributed by atoms with van der Waals surface area (Å²) in [6, 6.07) is -0.740. The van der Waals surface area contributed by atoms with Crippen LogP contribution in [0, 0.1) is 0 Å². The molecule has 0 radical (unpaired) electrons. The number of unbranched alkanes of at least 4 members (excludes halogenated alkanes) is 48. The molecule has 0 fully saturated rings. The second-order valence-corrected chi connectivity index (χ2v) is 21.3. The Morgan fingerprint density at radius 2 is 0.621 bits per heavy atom. The summed E-state index contributed by atoms with van der Waals surface area (Å²) in [5.74, 6) is -0.309. The zero-order chi connectivity index (χ0) is 47.9. The lowest BCUT2D eigenvalue weighted by Crippen LogP contribution is -2.45. The SMILES string of the molecule is CCCCCCCCCCCCCC/C=C/C(O)C(CO)NC(=O)CC(O)CCCCCCCCCCCCCCCCCCCCCCCCCCCCCCCCCCCCCCC. The Labute approximate surface area is 414 Å². The van der Waals surface area contributed by atoms with Crippen LogP contribution in [0.3, 0.4) is 0 Å². The number of hydrogen-bond acceptors (Lipinski definition) is 4. The van der Waals surface area contributed by atoms with E-state index in [-0.39, 0.29) is 18.9 Å². The first-order valence-corrected chi connectivity index (χ1v) is 30.5. The number of aliphatic hydroxyl groups excluding tert-OH is 3. The van der Waals surface area contributed by atoms with E-state index in [4.69, 9.17) is 0 Å². The Morgan fingerprint density at radius 3 is 0.879 bits per heavy atom. The molecule has 3 unspecified atom stereocenters. The van der Waals surface area contributed by atoms with Crippen molar-refractivity contribution in [2.75, 3.05) is 6.61 Å². The fourth-order valence-corrected chi connectivity index (χ4v) is 9.93. The minimum atomic E-state index is -0.925. The zero-order valence-electron chi connectivity index (χ0n) is 45.1. The minimum absolute atomic E-state index is 0.0193. The molecule has 0 saturated carbocycles. The van der Waals surface area contributed by atoms with Crippen LogP contribution in [-0.2, 0) is 4.79 Å². The molecule has 4 N–H and O–H groups in total. The Balaban J connectivity index is 3.41. The molecule has 5 nitrogen and oxygen atoms in total. The molecule has 0 aromatic rings. The molecule has 0 saturated heterocycles. The smallest absolute Gasteiger partial charge is 0.222 e. The van der Waals surface area contributed by atoms with Crippen molar-refractivity contribution in [3.63, 3.8) is 0 Å². The number of carbonyl (C=O) groups excluding carboxylic acids is 1. The lowest BCUT2D eigenvalue weighted by molar-refractivity contribution is -0.124. The first-order chi connectivity index (χ1) is 32.5. The average Bonchev–Trinajstić information content (AvgIpc) is 3.31. The van der Waals surface area contributed by atoms with Gasteiger partial charge in [-0.2, -0.15) is 0 Å². The van der Waals surface area contributed by atoms with Crippen LogP contribution in [0.4, 0.5) is 0 Å². The van der Waals surface area contributed by atoms with Crippen LogP contribution in [-0.4, -0.2) is 46.1 Å². The normalized spacial score (nSPS) is 13.2. The zero-order valence-corrected chi connectivity index (χ0v) is 45.1. The highest BCUT2D eigenvalue weighted by Gasteiger charge is 2.20. The van der Waals surface area contributed by atoms with Crippen LogP contribution < -0.4 is 5.32 Å². The van der Waals surface area contributed by atoms with E-state index in [9.17, 15) is 20.1 Å². The van der Waals surface area contributed by atoms with Crippen molar-refractivity contribution in [2.45, 2.75) is 366 Å². The number of hydrogen-bond donors (Lipinski definition) is 4. The molecule has 0 rings (SSSR count). The van der Waals surface area contributed by atoms with Gasteiger partial charge in [-0.05, 0) is 19.3 Å². The van der Waals surface area contributed by atoms with Crippen LogP contribution >= 0.6 is 0 Å². The first-order valence-electron chi connectivity index (χ1n) is 30.5. The summed E-state index contributed by atoms with van der Waals surface area (Å²) in [6.07, 6.45) is 71.6. The number of aliphatic hydroxyl groups is 3. The van der Waals surface area contributed by atoms with Crippen molar-refractivity contribution in [3.05, 3.63) is 12.2 Å². The van der Waals surface area contributed by atoms with Gasteiger partial charge in [0.1, 0.15) is 0 Å². The highest BCUT2D eigenvalue weighted by Crippen LogP contribution is 2.19. The predicted molar refractivity (Wildman–Crippen MR) is 292 cm³/mol. The van der Waals surface area contributed by atoms with Crippen molar-refractivity contribution in [1.29, 1.82) is 0 Å². The van der Waals surface area contributed by atoms with E-state index in [1.165, 1.54) is 295 Å². The number of nitrogens with one attached hydrogen (secondary N) is 1. The molecule has 0 heterocycles. The maximum atomic E-state index is 12.5. The molecule has 0 aliphatic heterocycles. The Morgan fingerprint density at radius 1 is 0.379 bits per heavy atom. The third-order valence-electron chi connectivity index (χ3n) is 14.6. The highest BCUT2D eigenvalue weighted by molar-refractivity contribution is 5.76. The van der Waals surface area contributed by atoms with Crippen molar-refractivity contribution in [2.24, 2.45) is 0 Å². The topological polar surface area (TPSA) is 89.8 Å². The van der Waals surface area contributed by atoms with Crippen LogP contribution in [0.2, 0.25) is 0 Å². The molecule has 394 valence electrons. The number of carbonyl (C=O) groups is 1. The van der Waals surface area contributed by atoms with Crippen LogP contribution in [0.1, 0.15) is 348 Å². The Hall–Kier alpha value is -0.910. The van der Waals surface area contributed by atoms with Gasteiger partial charge in [-0.1, -0.05) is 334 Å². The summed E-state index contributed by atoms with van der Waals surface area (Å²) in [5, 5.41) is 33.4. The van der Waals surface area contributed by atoms with Gasteiger partial charge in [0.15, 0.2) is 0 Å². The van der Waals surface area contributed by atoms with Crippen molar-refractivity contribution < 1.29 is 20.1 Å². The fraction of sp³-hybridized carbons (Fsp3) is 0.951. The standard InChI is InChI=1S/C61H121NO4/c1-3-5-7-9-11-13-15-17-19-20-21-22-23-24-25-26-27-28-29-30-31-32-33-34-35-36-37-38-39-40-41-42-44-46-48-50-52-54-58(64)56-61(66)62-59(57-63)60(65)55-53-51-49-47-45-43-18-16-14-12-10-8-6-4-2/h53,55,58-60,63-65H,3-52,54,56-57H2,1-2H3,(H,62,66)/b55-53+. The lowest BCUT2D eigenvalue weighted by Gasteiger charge is -2.21. The second kappa shape index (κ2) is 56.7. The van der Waals surface area contributed by atoms with E-state index in [1.54, 1.807) is 6.08 Å². The van der Waals surface area contributed by atoms with E-state index in [1.807, 2.05) is 6.08 Å². The summed E-state index contributed by atoms with van der Waals surface area (Å²) < 4.78 is 0. The second-order valence-electron chi connectivity index (χ2n) is 21.3. The molecule has 66 heavy (non-hydrogen) atoms. The van der Waals surface area contributed by atoms with E-state index in [0.29, 0.717) is 6.42 Å². The average molecular weight is 933 g/mol. The number of allylic oxidation sites excluding steroid dienone is 1. The van der Waals surface area contributed by atoms with Gasteiger partial charge in [-0.25, -0.2) is 0 Å². The molecule has 5 heteroatoms. The molecule has 1 amide bonds. The number of rotatable bonds is 57. The largest absolute Gasteiger partial charge is 0.394 e. The summed E-state index contributed by atoms with van der Waals surface area (Å²) in [6.45, 7) is 4.25.